The largest absolute Gasteiger partial charge is 0.490 e. The Morgan fingerprint density at radius 1 is 1.03 bits per heavy atom. The van der Waals surface area contributed by atoms with Crippen LogP contribution >= 0.6 is 35.0 Å². The maximum absolute atomic E-state index is 13.3. The summed E-state index contributed by atoms with van der Waals surface area (Å²) in [4.78, 5) is 0. The number of halogens is 3. The zero-order valence-electron chi connectivity index (χ0n) is 19.5. The average Bonchev–Trinajstić information content (AvgIpc) is 3.34. The zero-order chi connectivity index (χ0) is 25.3. The summed E-state index contributed by atoms with van der Waals surface area (Å²) >= 11 is 14.2. The Labute approximate surface area is 222 Å². The van der Waals surface area contributed by atoms with Crippen LogP contribution in [0.3, 0.4) is 0 Å². The minimum absolute atomic E-state index is 0.135. The second-order valence-corrected chi connectivity index (χ2v) is 9.47. The van der Waals surface area contributed by atoms with Gasteiger partial charge in [-0.15, -0.1) is 5.10 Å². The molecule has 1 N–H and O–H groups in total. The molecule has 0 spiro atoms. The van der Waals surface area contributed by atoms with Crippen molar-refractivity contribution in [3.05, 3.63) is 87.7 Å². The van der Waals surface area contributed by atoms with Crippen molar-refractivity contribution in [3.63, 3.8) is 0 Å². The summed E-state index contributed by atoms with van der Waals surface area (Å²) in [5.41, 5.74) is 2.52. The van der Waals surface area contributed by atoms with E-state index in [1.807, 2.05) is 49.4 Å². The summed E-state index contributed by atoms with van der Waals surface area (Å²) in [6.45, 7) is 3.80. The molecule has 1 aromatic heterocycles. The summed E-state index contributed by atoms with van der Waals surface area (Å²) in [7, 11) is 0. The van der Waals surface area contributed by atoms with Crippen molar-refractivity contribution in [2.75, 3.05) is 18.9 Å². The lowest BCUT2D eigenvalue weighted by Crippen LogP contribution is -2.17. The Hall–Kier alpha value is -2.85. The lowest BCUT2D eigenvalue weighted by Gasteiger charge is -2.16. The van der Waals surface area contributed by atoms with Gasteiger partial charge in [0.05, 0.1) is 22.3 Å². The van der Waals surface area contributed by atoms with Crippen LogP contribution in [0.15, 0.2) is 65.8 Å². The molecule has 7 nitrogen and oxygen atoms in total. The van der Waals surface area contributed by atoms with Gasteiger partial charge in [-0.3, -0.25) is 0 Å². The van der Waals surface area contributed by atoms with Gasteiger partial charge in [0.15, 0.2) is 11.5 Å². The molecule has 0 atom stereocenters. The minimum Gasteiger partial charge on any atom is -0.490 e. The molecular formula is C25H24Cl2FN5O2S. The van der Waals surface area contributed by atoms with E-state index in [-0.39, 0.29) is 6.61 Å². The van der Waals surface area contributed by atoms with E-state index in [2.05, 4.69) is 20.8 Å². The first kappa shape index (κ1) is 26.2. The molecule has 4 rings (SSSR count). The zero-order valence-corrected chi connectivity index (χ0v) is 21.8. The average molecular weight is 548 g/mol. The molecule has 36 heavy (non-hydrogen) atoms. The van der Waals surface area contributed by atoms with Gasteiger partial charge in [-0.1, -0.05) is 59.2 Å². The SMILES string of the molecule is CCOc1cc(CNCCSc2nnnn2-c2ccccc2)cc(Cl)c1OCc1ccc(F)cc1Cl. The van der Waals surface area contributed by atoms with Crippen molar-refractivity contribution >= 4 is 35.0 Å². The van der Waals surface area contributed by atoms with E-state index in [1.165, 1.54) is 12.1 Å². The van der Waals surface area contributed by atoms with Gasteiger partial charge in [0.1, 0.15) is 12.4 Å². The normalized spacial score (nSPS) is 11.0. The highest BCUT2D eigenvalue weighted by molar-refractivity contribution is 7.99. The van der Waals surface area contributed by atoms with E-state index >= 15 is 0 Å². The van der Waals surface area contributed by atoms with E-state index in [0.717, 1.165) is 28.7 Å². The second kappa shape index (κ2) is 12.9. The van der Waals surface area contributed by atoms with Crippen LogP contribution in [0.25, 0.3) is 5.69 Å². The molecule has 0 fully saturated rings. The molecule has 0 bridgehead atoms. The molecule has 4 aromatic rings. The van der Waals surface area contributed by atoms with Crippen molar-refractivity contribution in [1.82, 2.24) is 25.5 Å². The van der Waals surface area contributed by atoms with Crippen molar-refractivity contribution in [2.24, 2.45) is 0 Å². The van der Waals surface area contributed by atoms with E-state index < -0.39 is 5.82 Å². The molecule has 0 amide bonds. The number of aromatic nitrogens is 4. The fraction of sp³-hybridized carbons (Fsp3) is 0.240. The summed E-state index contributed by atoms with van der Waals surface area (Å²) in [6.07, 6.45) is 0. The van der Waals surface area contributed by atoms with Gasteiger partial charge >= 0.3 is 0 Å². The van der Waals surface area contributed by atoms with Crippen molar-refractivity contribution in [1.29, 1.82) is 0 Å². The maximum Gasteiger partial charge on any atom is 0.214 e. The lowest BCUT2D eigenvalue weighted by atomic mass is 10.2. The van der Waals surface area contributed by atoms with Gasteiger partial charge in [-0.2, -0.15) is 4.68 Å². The van der Waals surface area contributed by atoms with Crippen molar-refractivity contribution < 1.29 is 13.9 Å². The van der Waals surface area contributed by atoms with Gasteiger partial charge in [-0.25, -0.2) is 4.39 Å². The summed E-state index contributed by atoms with van der Waals surface area (Å²) in [5, 5.41) is 16.8. The highest BCUT2D eigenvalue weighted by atomic mass is 35.5. The smallest absolute Gasteiger partial charge is 0.214 e. The summed E-state index contributed by atoms with van der Waals surface area (Å²) in [5.74, 6) is 1.34. The Morgan fingerprint density at radius 2 is 1.86 bits per heavy atom. The lowest BCUT2D eigenvalue weighted by molar-refractivity contribution is 0.269. The first-order valence-electron chi connectivity index (χ1n) is 11.2. The highest BCUT2D eigenvalue weighted by Crippen LogP contribution is 2.37. The van der Waals surface area contributed by atoms with Crippen LogP contribution in [0.5, 0.6) is 11.5 Å². The first-order chi connectivity index (χ1) is 17.5. The quantitative estimate of drug-likeness (QED) is 0.173. The molecule has 0 saturated carbocycles. The van der Waals surface area contributed by atoms with Gasteiger partial charge in [0.2, 0.25) is 5.16 Å². The van der Waals surface area contributed by atoms with Crippen molar-refractivity contribution in [3.8, 4) is 17.2 Å². The number of nitrogens with zero attached hydrogens (tertiary/aromatic N) is 4. The number of benzene rings is 3. The molecule has 188 valence electrons. The van der Waals surface area contributed by atoms with Crippen LogP contribution in [-0.4, -0.2) is 39.1 Å². The molecule has 11 heteroatoms. The molecule has 0 radical (unpaired) electrons. The topological polar surface area (TPSA) is 74.1 Å². The number of tetrazole rings is 1. The Kier molecular flexibility index (Phi) is 9.41. The standard InChI is InChI=1S/C25H24Cl2FN5O2S/c1-2-34-23-13-17(12-22(27)24(23)35-16-18-8-9-19(28)14-21(18)26)15-29-10-11-36-25-30-31-32-33(25)20-6-4-3-5-7-20/h3-9,12-14,29H,2,10-11,15-16H2,1H3. The first-order valence-corrected chi connectivity index (χ1v) is 13.0. The molecule has 3 aromatic carbocycles. The number of para-hydroxylation sites is 1. The van der Waals surface area contributed by atoms with Crippen LogP contribution in [0.2, 0.25) is 10.0 Å². The number of hydrogen-bond donors (Lipinski definition) is 1. The van der Waals surface area contributed by atoms with Crippen molar-refractivity contribution in [2.45, 2.75) is 25.2 Å². The Bertz CT molecular complexity index is 1290. The molecular weight excluding hydrogens is 524 g/mol. The second-order valence-electron chi connectivity index (χ2n) is 7.60. The fourth-order valence-electron chi connectivity index (χ4n) is 3.36. The van der Waals surface area contributed by atoms with E-state index in [9.17, 15) is 4.39 Å². The highest BCUT2D eigenvalue weighted by Gasteiger charge is 2.14. The van der Waals surface area contributed by atoms with Crippen LogP contribution in [-0.2, 0) is 13.2 Å². The Morgan fingerprint density at radius 3 is 2.64 bits per heavy atom. The van der Waals surface area contributed by atoms with Gasteiger partial charge in [-0.05, 0) is 59.3 Å². The van der Waals surface area contributed by atoms with E-state index in [1.54, 1.807) is 22.5 Å². The third-order valence-electron chi connectivity index (χ3n) is 5.04. The predicted octanol–water partition coefficient (Wildman–Crippen LogP) is 5.97. The number of thioether (sulfide) groups is 1. The third-order valence-corrected chi connectivity index (χ3v) is 6.59. The van der Waals surface area contributed by atoms with Crippen LogP contribution in [0, 0.1) is 5.82 Å². The molecule has 0 aliphatic heterocycles. The number of ether oxygens (including phenoxy) is 2. The third kappa shape index (κ3) is 6.88. The van der Waals surface area contributed by atoms with Crippen LogP contribution in [0.1, 0.15) is 18.1 Å². The Balaban J connectivity index is 1.32. The number of hydrogen-bond acceptors (Lipinski definition) is 7. The molecule has 0 unspecified atom stereocenters. The summed E-state index contributed by atoms with van der Waals surface area (Å²) in [6, 6.07) is 17.7. The van der Waals surface area contributed by atoms with Gasteiger partial charge in [0, 0.05) is 24.4 Å². The van der Waals surface area contributed by atoms with Crippen LogP contribution < -0.4 is 14.8 Å². The molecule has 1 heterocycles. The maximum atomic E-state index is 13.3. The predicted molar refractivity (Wildman–Crippen MR) is 140 cm³/mol. The van der Waals surface area contributed by atoms with E-state index in [0.29, 0.717) is 40.3 Å². The van der Waals surface area contributed by atoms with Gasteiger partial charge in [0.25, 0.3) is 0 Å². The monoisotopic (exact) mass is 547 g/mol. The van der Waals surface area contributed by atoms with E-state index in [4.69, 9.17) is 32.7 Å². The molecule has 0 aliphatic carbocycles. The fourth-order valence-corrected chi connectivity index (χ4v) is 4.66. The van der Waals surface area contributed by atoms with Gasteiger partial charge < -0.3 is 14.8 Å². The minimum atomic E-state index is -0.401. The molecule has 0 aliphatic rings. The number of rotatable bonds is 12. The molecule has 0 saturated heterocycles. The number of nitrogens with one attached hydrogen (secondary N) is 1. The van der Waals surface area contributed by atoms with Crippen LogP contribution in [0.4, 0.5) is 4.39 Å². The summed E-state index contributed by atoms with van der Waals surface area (Å²) < 4.78 is 26.7.